The first-order chi connectivity index (χ1) is 14.7. The standard InChI is InChI=1S/C25H21N3O2/c29-16-6-7-18-12-14-23-21(17-18)24(28-27-23)15-13-19-8-4-5-11-22(19)26-25(30)20-9-2-1-3-10-20/h1-15,17,29H,16H2,(H,26,30)(H,27,28). The zero-order valence-corrected chi connectivity index (χ0v) is 16.2. The summed E-state index contributed by atoms with van der Waals surface area (Å²) in [5, 5.41) is 20.4. The largest absolute Gasteiger partial charge is 0.392 e. The van der Waals surface area contributed by atoms with Crippen molar-refractivity contribution in [3.8, 4) is 0 Å². The van der Waals surface area contributed by atoms with Crippen LogP contribution in [-0.4, -0.2) is 27.8 Å². The van der Waals surface area contributed by atoms with Gasteiger partial charge in [-0.05, 0) is 47.5 Å². The Morgan fingerprint density at radius 2 is 1.77 bits per heavy atom. The van der Waals surface area contributed by atoms with Gasteiger partial charge in [0, 0.05) is 16.6 Å². The van der Waals surface area contributed by atoms with Gasteiger partial charge in [0.15, 0.2) is 0 Å². The summed E-state index contributed by atoms with van der Waals surface area (Å²) in [6.07, 6.45) is 7.43. The first kappa shape index (κ1) is 19.4. The maximum atomic E-state index is 12.5. The molecule has 3 N–H and O–H groups in total. The zero-order valence-electron chi connectivity index (χ0n) is 16.2. The van der Waals surface area contributed by atoms with E-state index in [0.717, 1.165) is 33.4 Å². The fourth-order valence-corrected chi connectivity index (χ4v) is 3.18. The summed E-state index contributed by atoms with van der Waals surface area (Å²) in [6.45, 7) is 0.00166. The third kappa shape index (κ3) is 4.37. The van der Waals surface area contributed by atoms with E-state index in [4.69, 9.17) is 5.11 Å². The van der Waals surface area contributed by atoms with Gasteiger partial charge in [0.2, 0.25) is 0 Å². The number of hydrogen-bond donors (Lipinski definition) is 3. The number of nitrogens with one attached hydrogen (secondary N) is 2. The van der Waals surface area contributed by atoms with E-state index in [-0.39, 0.29) is 12.5 Å². The molecule has 1 heterocycles. The number of aromatic nitrogens is 2. The van der Waals surface area contributed by atoms with Crippen molar-refractivity contribution in [2.24, 2.45) is 0 Å². The molecular formula is C25H21N3O2. The number of aliphatic hydroxyl groups excluding tert-OH is 1. The second-order valence-corrected chi connectivity index (χ2v) is 6.74. The van der Waals surface area contributed by atoms with Crippen LogP contribution >= 0.6 is 0 Å². The van der Waals surface area contributed by atoms with Crippen LogP contribution in [-0.2, 0) is 0 Å². The molecule has 0 aliphatic heterocycles. The highest BCUT2D eigenvalue weighted by Gasteiger charge is 2.08. The summed E-state index contributed by atoms with van der Waals surface area (Å²) in [7, 11) is 0. The van der Waals surface area contributed by atoms with Crippen molar-refractivity contribution in [2.75, 3.05) is 11.9 Å². The molecule has 4 aromatic rings. The Morgan fingerprint density at radius 1 is 0.967 bits per heavy atom. The van der Waals surface area contributed by atoms with Crippen molar-refractivity contribution in [2.45, 2.75) is 0 Å². The van der Waals surface area contributed by atoms with E-state index >= 15 is 0 Å². The van der Waals surface area contributed by atoms with Crippen molar-refractivity contribution in [1.82, 2.24) is 10.2 Å². The predicted molar refractivity (Wildman–Crippen MR) is 122 cm³/mol. The molecule has 0 spiro atoms. The lowest BCUT2D eigenvalue weighted by Crippen LogP contribution is -2.12. The Labute approximate surface area is 174 Å². The van der Waals surface area contributed by atoms with Crippen LogP contribution in [0.15, 0.2) is 78.9 Å². The van der Waals surface area contributed by atoms with Gasteiger partial charge in [0.1, 0.15) is 0 Å². The molecule has 1 amide bonds. The molecule has 148 valence electrons. The Kier molecular flexibility index (Phi) is 5.83. The molecule has 0 saturated carbocycles. The van der Waals surface area contributed by atoms with Gasteiger partial charge < -0.3 is 10.4 Å². The number of aliphatic hydroxyl groups is 1. The van der Waals surface area contributed by atoms with Crippen molar-refractivity contribution >= 4 is 40.7 Å². The van der Waals surface area contributed by atoms with Gasteiger partial charge in [0.05, 0.1) is 17.8 Å². The molecule has 0 aliphatic rings. The van der Waals surface area contributed by atoms with E-state index in [0.29, 0.717) is 5.56 Å². The molecule has 0 atom stereocenters. The van der Waals surface area contributed by atoms with Gasteiger partial charge >= 0.3 is 0 Å². The maximum absolute atomic E-state index is 12.5. The van der Waals surface area contributed by atoms with Gasteiger partial charge in [-0.15, -0.1) is 0 Å². The van der Waals surface area contributed by atoms with Gasteiger partial charge in [-0.1, -0.05) is 60.7 Å². The smallest absolute Gasteiger partial charge is 0.255 e. The summed E-state index contributed by atoms with van der Waals surface area (Å²) < 4.78 is 0. The molecule has 1 aromatic heterocycles. The Bertz CT molecular complexity index is 1220. The average Bonchev–Trinajstić information content (AvgIpc) is 3.20. The summed E-state index contributed by atoms with van der Waals surface area (Å²) in [4.78, 5) is 12.5. The summed E-state index contributed by atoms with van der Waals surface area (Å²) >= 11 is 0. The van der Waals surface area contributed by atoms with Crippen LogP contribution in [0.3, 0.4) is 0 Å². The maximum Gasteiger partial charge on any atom is 0.255 e. The number of carbonyl (C=O) groups is 1. The number of aromatic amines is 1. The number of anilines is 1. The first-order valence-corrected chi connectivity index (χ1v) is 9.63. The minimum absolute atomic E-state index is 0.00166. The van der Waals surface area contributed by atoms with Gasteiger partial charge in [-0.25, -0.2) is 0 Å². The Morgan fingerprint density at radius 3 is 2.60 bits per heavy atom. The lowest BCUT2D eigenvalue weighted by Gasteiger charge is -2.08. The van der Waals surface area contributed by atoms with Crippen LogP contribution in [0.4, 0.5) is 5.69 Å². The number of rotatable bonds is 6. The number of benzene rings is 3. The van der Waals surface area contributed by atoms with Crippen LogP contribution in [0.5, 0.6) is 0 Å². The van der Waals surface area contributed by atoms with Crippen LogP contribution < -0.4 is 5.32 Å². The molecule has 4 rings (SSSR count). The summed E-state index contributed by atoms with van der Waals surface area (Å²) in [5.74, 6) is -0.151. The fourth-order valence-electron chi connectivity index (χ4n) is 3.18. The van der Waals surface area contributed by atoms with Crippen LogP contribution in [0.25, 0.3) is 29.1 Å². The number of para-hydroxylation sites is 1. The number of fused-ring (bicyclic) bond motifs is 1. The summed E-state index contributed by atoms with van der Waals surface area (Å²) in [5.41, 5.74) is 4.94. The topological polar surface area (TPSA) is 78.0 Å². The van der Waals surface area contributed by atoms with Crippen LogP contribution in [0, 0.1) is 0 Å². The lowest BCUT2D eigenvalue weighted by molar-refractivity contribution is 0.102. The van der Waals surface area contributed by atoms with Crippen molar-refractivity contribution in [3.63, 3.8) is 0 Å². The van der Waals surface area contributed by atoms with Crippen molar-refractivity contribution in [1.29, 1.82) is 0 Å². The molecule has 30 heavy (non-hydrogen) atoms. The quantitative estimate of drug-likeness (QED) is 0.430. The molecule has 3 aromatic carbocycles. The van der Waals surface area contributed by atoms with Crippen LogP contribution in [0.2, 0.25) is 0 Å². The van der Waals surface area contributed by atoms with Crippen molar-refractivity contribution in [3.05, 3.63) is 101 Å². The molecule has 0 bridgehead atoms. The molecular weight excluding hydrogens is 374 g/mol. The van der Waals surface area contributed by atoms with E-state index < -0.39 is 0 Å². The molecule has 0 saturated heterocycles. The molecule has 0 radical (unpaired) electrons. The van der Waals surface area contributed by atoms with Crippen molar-refractivity contribution < 1.29 is 9.90 Å². The average molecular weight is 395 g/mol. The highest BCUT2D eigenvalue weighted by atomic mass is 16.2. The SMILES string of the molecule is O=C(Nc1ccccc1C=Cc1n[nH]c2ccc(C=CCO)cc12)c1ccccc1. The second kappa shape index (κ2) is 9.03. The minimum Gasteiger partial charge on any atom is -0.392 e. The minimum atomic E-state index is -0.151. The molecule has 0 unspecified atom stereocenters. The highest BCUT2D eigenvalue weighted by molar-refractivity contribution is 6.05. The number of carbonyl (C=O) groups excluding carboxylic acids is 1. The molecule has 5 nitrogen and oxygen atoms in total. The van der Waals surface area contributed by atoms with E-state index in [9.17, 15) is 4.79 Å². The predicted octanol–water partition coefficient (Wildman–Crippen LogP) is 4.99. The normalized spacial score (nSPS) is 11.5. The summed E-state index contributed by atoms with van der Waals surface area (Å²) in [6, 6.07) is 22.7. The van der Waals surface area contributed by atoms with E-state index in [1.54, 1.807) is 18.2 Å². The molecule has 5 heteroatoms. The molecule has 0 fully saturated rings. The number of amides is 1. The number of H-pyrrole nitrogens is 1. The van der Waals surface area contributed by atoms with Crippen LogP contribution in [0.1, 0.15) is 27.2 Å². The molecule has 0 aliphatic carbocycles. The Balaban J connectivity index is 1.60. The van der Waals surface area contributed by atoms with Gasteiger partial charge in [-0.3, -0.25) is 9.89 Å². The fraction of sp³-hybridized carbons (Fsp3) is 0.0400. The number of hydrogen-bond acceptors (Lipinski definition) is 3. The Hall–Kier alpha value is -3.96. The zero-order chi connectivity index (χ0) is 20.8. The van der Waals surface area contributed by atoms with E-state index in [2.05, 4.69) is 15.5 Å². The van der Waals surface area contributed by atoms with E-state index in [1.165, 1.54) is 0 Å². The number of nitrogens with zero attached hydrogens (tertiary/aromatic N) is 1. The third-order valence-corrected chi connectivity index (χ3v) is 4.70. The lowest BCUT2D eigenvalue weighted by atomic mass is 10.1. The van der Waals surface area contributed by atoms with E-state index in [1.807, 2.05) is 78.9 Å². The monoisotopic (exact) mass is 395 g/mol. The second-order valence-electron chi connectivity index (χ2n) is 6.74. The third-order valence-electron chi connectivity index (χ3n) is 4.70. The highest BCUT2D eigenvalue weighted by Crippen LogP contribution is 2.23. The van der Waals surface area contributed by atoms with Gasteiger partial charge in [0.25, 0.3) is 5.91 Å². The van der Waals surface area contributed by atoms with Gasteiger partial charge in [-0.2, -0.15) is 5.10 Å². The first-order valence-electron chi connectivity index (χ1n) is 9.63.